The third kappa shape index (κ3) is 7.62. The second-order valence-electron chi connectivity index (χ2n) is 13.1. The van der Waals surface area contributed by atoms with E-state index in [0.717, 1.165) is 28.7 Å². The number of hydrogen-bond acceptors (Lipinski definition) is 4. The number of rotatable bonds is 6. The van der Waals surface area contributed by atoms with E-state index in [1.54, 1.807) is 23.2 Å². The molecule has 3 atom stereocenters. The fourth-order valence-electron chi connectivity index (χ4n) is 6.11. The van der Waals surface area contributed by atoms with Crippen LogP contribution in [0.4, 0.5) is 20.2 Å². The van der Waals surface area contributed by atoms with Gasteiger partial charge in [0.15, 0.2) is 0 Å². The van der Waals surface area contributed by atoms with Gasteiger partial charge >= 0.3 is 0 Å². The summed E-state index contributed by atoms with van der Waals surface area (Å²) in [4.78, 5) is 25.4. The molecule has 5 N–H and O–H groups in total. The van der Waals surface area contributed by atoms with Gasteiger partial charge in [-0.05, 0) is 94.0 Å². The number of amides is 2. The van der Waals surface area contributed by atoms with E-state index in [0.29, 0.717) is 52.3 Å². The first kappa shape index (κ1) is 38.3. The fraction of sp³-hybridized carbons (Fsp3) is 0.353. The summed E-state index contributed by atoms with van der Waals surface area (Å²) >= 11 is 24.3. The molecular formula is C34H36Cl4F2N6O3S. The highest BCUT2D eigenvalue weighted by molar-refractivity contribution is 7.84. The molecule has 50 heavy (non-hydrogen) atoms. The minimum Gasteiger partial charge on any atom is -0.330 e. The molecule has 0 bridgehead atoms. The Kier molecular flexibility index (Phi) is 11.4. The standard InChI is InChI=1S/C19H22Cl2FN3O2S.C15H14Cl2FN3O/c1-19(2,3)28(27)24-14-8-6-11-15(14)17(21)25(4)16(11)18(26)23-10-5-7-13(22)12(20)9-10;1-21-13(8-3-5-11(19)12(8)14(21)17)15(22)20-7-2-4-10(18)9(16)6-7/h5,7,9,14,24H,6,8H2,1-4H3,(H,23,26);2,4,6,11H,3,5,19H2,1H3,(H,20,22). The zero-order chi connectivity index (χ0) is 36.8. The maximum Gasteiger partial charge on any atom is 0.272 e. The van der Waals surface area contributed by atoms with Gasteiger partial charge in [0.25, 0.3) is 11.8 Å². The number of fused-ring (bicyclic) bond motifs is 2. The molecule has 0 saturated carbocycles. The molecule has 0 fully saturated rings. The molecule has 2 heterocycles. The highest BCUT2D eigenvalue weighted by Crippen LogP contribution is 2.42. The Hall–Kier alpha value is -2.97. The van der Waals surface area contributed by atoms with Crippen molar-refractivity contribution < 1.29 is 22.6 Å². The van der Waals surface area contributed by atoms with Crippen molar-refractivity contribution in [3.63, 3.8) is 0 Å². The lowest BCUT2D eigenvalue weighted by atomic mass is 10.1. The van der Waals surface area contributed by atoms with Crippen molar-refractivity contribution in [3.8, 4) is 0 Å². The highest BCUT2D eigenvalue weighted by atomic mass is 35.5. The van der Waals surface area contributed by atoms with Gasteiger partial charge in [-0.1, -0.05) is 46.4 Å². The first-order chi connectivity index (χ1) is 23.4. The Morgan fingerprint density at radius 3 is 1.70 bits per heavy atom. The van der Waals surface area contributed by atoms with Gasteiger partial charge in [-0.3, -0.25) is 9.59 Å². The monoisotopic (exact) mass is 786 g/mol. The van der Waals surface area contributed by atoms with Crippen LogP contribution in [0.3, 0.4) is 0 Å². The van der Waals surface area contributed by atoms with Gasteiger partial charge in [-0.25, -0.2) is 17.7 Å². The molecule has 2 aliphatic rings. The second kappa shape index (κ2) is 14.9. The number of carbonyl (C=O) groups excluding carboxylic acids is 2. The largest absolute Gasteiger partial charge is 0.330 e. The SMILES string of the molecule is Cn1c(Cl)c2c(c1C(=O)Nc1ccc(F)c(Cl)c1)CCC2N.Cn1c(Cl)c2c(c1C(=O)Nc1ccc(F)c(Cl)c1)CCC2NS(=O)C(C)(C)C. The molecular weight excluding hydrogens is 752 g/mol. The summed E-state index contributed by atoms with van der Waals surface area (Å²) in [7, 11) is 2.18. The number of carbonyl (C=O) groups is 2. The van der Waals surface area contributed by atoms with Crippen LogP contribution in [0.2, 0.25) is 20.4 Å². The predicted molar refractivity (Wildman–Crippen MR) is 197 cm³/mol. The van der Waals surface area contributed by atoms with Gasteiger partial charge in [0.2, 0.25) is 0 Å². The van der Waals surface area contributed by atoms with Gasteiger partial charge < -0.3 is 25.5 Å². The van der Waals surface area contributed by atoms with E-state index in [4.69, 9.17) is 52.1 Å². The molecule has 4 aromatic rings. The average Bonchev–Trinajstić information content (AvgIpc) is 3.75. The van der Waals surface area contributed by atoms with Gasteiger partial charge in [-0.15, -0.1) is 0 Å². The summed E-state index contributed by atoms with van der Waals surface area (Å²) in [6.45, 7) is 5.68. The first-order valence-electron chi connectivity index (χ1n) is 15.6. The summed E-state index contributed by atoms with van der Waals surface area (Å²) in [6, 6.07) is 7.70. The van der Waals surface area contributed by atoms with Gasteiger partial charge in [-0.2, -0.15) is 0 Å². The third-order valence-electron chi connectivity index (χ3n) is 8.62. The summed E-state index contributed by atoms with van der Waals surface area (Å²) in [5.41, 5.74) is 11.1. The van der Waals surface area contributed by atoms with E-state index in [2.05, 4.69) is 15.4 Å². The molecule has 3 unspecified atom stereocenters. The number of benzene rings is 2. The van der Waals surface area contributed by atoms with Crippen LogP contribution in [0.15, 0.2) is 36.4 Å². The number of hydrogen-bond donors (Lipinski definition) is 4. The van der Waals surface area contributed by atoms with Crippen molar-refractivity contribution in [2.24, 2.45) is 19.8 Å². The van der Waals surface area contributed by atoms with Crippen molar-refractivity contribution in [2.75, 3.05) is 10.6 Å². The quantitative estimate of drug-likeness (QED) is 0.157. The minimum absolute atomic E-state index is 0.0463. The maximum atomic E-state index is 13.3. The fourth-order valence-corrected chi connectivity index (χ4v) is 7.99. The van der Waals surface area contributed by atoms with Gasteiger partial charge in [0, 0.05) is 48.7 Å². The van der Waals surface area contributed by atoms with E-state index < -0.39 is 27.4 Å². The molecule has 2 aromatic carbocycles. The number of nitrogens with zero attached hydrogens (tertiary/aromatic N) is 2. The smallest absolute Gasteiger partial charge is 0.272 e. The average molecular weight is 789 g/mol. The maximum absolute atomic E-state index is 13.3. The Bertz CT molecular complexity index is 2030. The number of nitrogens with one attached hydrogen (secondary N) is 3. The van der Waals surface area contributed by atoms with Crippen LogP contribution >= 0.6 is 46.4 Å². The molecule has 268 valence electrons. The van der Waals surface area contributed by atoms with Crippen molar-refractivity contribution in [3.05, 3.63) is 102 Å². The Morgan fingerprint density at radius 2 is 1.24 bits per heavy atom. The topological polar surface area (TPSA) is 123 Å². The number of nitrogens with two attached hydrogens (primary N) is 1. The molecule has 2 aromatic heterocycles. The van der Waals surface area contributed by atoms with Crippen LogP contribution in [-0.4, -0.2) is 29.9 Å². The van der Waals surface area contributed by atoms with Crippen molar-refractivity contribution in [1.29, 1.82) is 0 Å². The molecule has 0 saturated heterocycles. The lowest BCUT2D eigenvalue weighted by molar-refractivity contribution is 0.101. The van der Waals surface area contributed by atoms with Crippen molar-refractivity contribution >= 4 is 80.6 Å². The summed E-state index contributed by atoms with van der Waals surface area (Å²) in [6.07, 6.45) is 2.83. The zero-order valence-corrected chi connectivity index (χ0v) is 31.7. The van der Waals surface area contributed by atoms with E-state index in [9.17, 15) is 22.6 Å². The number of halogens is 6. The highest BCUT2D eigenvalue weighted by Gasteiger charge is 2.36. The first-order valence-corrected chi connectivity index (χ1v) is 18.3. The van der Waals surface area contributed by atoms with Crippen LogP contribution in [0.5, 0.6) is 0 Å². The van der Waals surface area contributed by atoms with Crippen LogP contribution in [0, 0.1) is 11.6 Å². The van der Waals surface area contributed by atoms with E-state index in [1.807, 2.05) is 20.8 Å². The van der Waals surface area contributed by atoms with Gasteiger partial charge in [0.05, 0.1) is 25.8 Å². The van der Waals surface area contributed by atoms with Crippen LogP contribution in [-0.2, 0) is 37.9 Å². The Balaban J connectivity index is 0.000000200. The number of anilines is 2. The Labute approximate surface area is 311 Å². The molecule has 0 aliphatic heterocycles. The van der Waals surface area contributed by atoms with Crippen LogP contribution < -0.4 is 21.1 Å². The van der Waals surface area contributed by atoms with Gasteiger partial charge in [0.1, 0.15) is 33.3 Å². The van der Waals surface area contributed by atoms with Crippen LogP contribution in [0.25, 0.3) is 0 Å². The Morgan fingerprint density at radius 1 is 0.800 bits per heavy atom. The molecule has 2 amide bonds. The normalized spacial score (nSPS) is 17.1. The molecule has 0 spiro atoms. The van der Waals surface area contributed by atoms with E-state index >= 15 is 0 Å². The molecule has 6 rings (SSSR count). The predicted octanol–water partition coefficient (Wildman–Crippen LogP) is 8.43. The molecule has 0 radical (unpaired) electrons. The lowest BCUT2D eigenvalue weighted by Gasteiger charge is -2.22. The summed E-state index contributed by atoms with van der Waals surface area (Å²) < 4.78 is 45.0. The molecule has 16 heteroatoms. The molecule has 9 nitrogen and oxygen atoms in total. The second-order valence-corrected chi connectivity index (χ2v) is 16.6. The van der Waals surface area contributed by atoms with Crippen molar-refractivity contribution in [2.45, 2.75) is 63.3 Å². The molecule has 2 aliphatic carbocycles. The summed E-state index contributed by atoms with van der Waals surface area (Å²) in [5.74, 6) is -1.76. The van der Waals surface area contributed by atoms with E-state index in [1.165, 1.54) is 36.4 Å². The summed E-state index contributed by atoms with van der Waals surface area (Å²) in [5, 5.41) is 6.27. The van der Waals surface area contributed by atoms with Crippen molar-refractivity contribution in [1.82, 2.24) is 13.9 Å². The van der Waals surface area contributed by atoms with E-state index in [-0.39, 0.29) is 33.9 Å². The number of aromatic nitrogens is 2. The lowest BCUT2D eigenvalue weighted by Crippen LogP contribution is -2.35. The minimum atomic E-state index is -1.26. The third-order valence-corrected chi connectivity index (χ3v) is 11.7. The zero-order valence-electron chi connectivity index (χ0n) is 27.8. The van der Waals surface area contributed by atoms with Crippen LogP contribution in [0.1, 0.15) is 88.9 Å².